The molecule has 2 aromatic rings. The number of hydrogen-bond donors (Lipinski definition) is 2. The monoisotopic (exact) mass is 267 g/mol. The van der Waals surface area contributed by atoms with Gasteiger partial charge in [-0.05, 0) is 24.3 Å². The molecule has 18 heavy (non-hydrogen) atoms. The molecule has 0 bridgehead atoms. The Hall–Kier alpha value is -1.65. The highest BCUT2D eigenvalue weighted by atomic mass is 35.5. The first kappa shape index (κ1) is 12.8. The van der Waals surface area contributed by atoms with Gasteiger partial charge in [0.2, 0.25) is 0 Å². The number of aliphatic hydroxyl groups excluding tert-OH is 1. The van der Waals surface area contributed by atoms with Crippen LogP contribution in [0.25, 0.3) is 0 Å². The van der Waals surface area contributed by atoms with Crippen LogP contribution in [0.5, 0.6) is 5.75 Å². The molecule has 96 valence electrons. The summed E-state index contributed by atoms with van der Waals surface area (Å²) in [6.45, 7) is 0.444. The maximum absolute atomic E-state index is 8.89. The summed E-state index contributed by atoms with van der Waals surface area (Å²) < 4.78 is 10.5. The quantitative estimate of drug-likeness (QED) is 0.874. The molecular weight excluding hydrogens is 254 g/mol. The second-order valence-corrected chi connectivity index (χ2v) is 4.14. The van der Waals surface area contributed by atoms with Crippen molar-refractivity contribution in [1.82, 2.24) is 0 Å². The molecule has 0 aliphatic rings. The predicted octanol–water partition coefficient (Wildman–Crippen LogP) is 3.05. The van der Waals surface area contributed by atoms with Crippen molar-refractivity contribution in [2.45, 2.75) is 13.2 Å². The Kier molecular flexibility index (Phi) is 4.12. The van der Waals surface area contributed by atoms with Crippen molar-refractivity contribution in [1.29, 1.82) is 0 Å². The fourth-order valence-corrected chi connectivity index (χ4v) is 1.76. The Morgan fingerprint density at radius 3 is 2.72 bits per heavy atom. The summed E-state index contributed by atoms with van der Waals surface area (Å²) in [6.07, 6.45) is 0. The molecular formula is C13H14ClNO3. The molecule has 5 heteroatoms. The lowest BCUT2D eigenvalue weighted by Gasteiger charge is -2.08. The molecule has 1 aromatic carbocycles. The predicted molar refractivity (Wildman–Crippen MR) is 70.0 cm³/mol. The van der Waals surface area contributed by atoms with Crippen molar-refractivity contribution >= 4 is 17.3 Å². The number of benzene rings is 1. The fourth-order valence-electron chi connectivity index (χ4n) is 1.56. The highest BCUT2D eigenvalue weighted by Gasteiger charge is 2.04. The molecule has 0 amide bonds. The summed E-state index contributed by atoms with van der Waals surface area (Å²) in [7, 11) is 1.57. The molecule has 0 aliphatic carbocycles. The number of nitrogens with one attached hydrogen (secondary N) is 1. The van der Waals surface area contributed by atoms with Crippen LogP contribution in [-0.4, -0.2) is 12.2 Å². The van der Waals surface area contributed by atoms with Gasteiger partial charge in [0, 0.05) is 11.8 Å². The number of halogens is 1. The van der Waals surface area contributed by atoms with E-state index < -0.39 is 0 Å². The summed E-state index contributed by atoms with van der Waals surface area (Å²) in [6, 6.07) is 9.02. The molecule has 0 atom stereocenters. The molecule has 0 aliphatic heterocycles. The normalized spacial score (nSPS) is 10.4. The Morgan fingerprint density at radius 1 is 1.28 bits per heavy atom. The van der Waals surface area contributed by atoms with E-state index in [1.807, 2.05) is 18.2 Å². The standard InChI is InChI=1S/C13H14ClNO3/c1-17-13-6-9(2-5-12(13)14)15-7-10-3-4-11(8-16)18-10/h2-6,15-16H,7-8H2,1H3. The molecule has 2 rings (SSSR count). The van der Waals surface area contributed by atoms with Gasteiger partial charge in [-0.25, -0.2) is 0 Å². The third-order valence-electron chi connectivity index (χ3n) is 2.49. The summed E-state index contributed by atoms with van der Waals surface area (Å²) in [4.78, 5) is 0. The van der Waals surface area contributed by atoms with E-state index in [1.54, 1.807) is 19.2 Å². The number of anilines is 1. The van der Waals surface area contributed by atoms with Gasteiger partial charge in [-0.2, -0.15) is 0 Å². The smallest absolute Gasteiger partial charge is 0.139 e. The molecule has 0 saturated heterocycles. The first-order valence-electron chi connectivity index (χ1n) is 5.49. The molecule has 1 aromatic heterocycles. The zero-order valence-corrected chi connectivity index (χ0v) is 10.7. The molecule has 4 nitrogen and oxygen atoms in total. The van der Waals surface area contributed by atoms with E-state index in [4.69, 9.17) is 25.9 Å². The second-order valence-electron chi connectivity index (χ2n) is 3.73. The van der Waals surface area contributed by atoms with E-state index in [1.165, 1.54) is 0 Å². The number of rotatable bonds is 5. The summed E-state index contributed by atoms with van der Waals surface area (Å²) >= 11 is 5.94. The van der Waals surface area contributed by atoms with Crippen LogP contribution in [0.3, 0.4) is 0 Å². The summed E-state index contributed by atoms with van der Waals surface area (Å²) in [5.74, 6) is 1.94. The third kappa shape index (κ3) is 2.97. The van der Waals surface area contributed by atoms with Crippen LogP contribution in [0.4, 0.5) is 5.69 Å². The summed E-state index contributed by atoms with van der Waals surface area (Å²) in [5, 5.41) is 12.6. The Labute approximate surface area is 110 Å². The van der Waals surface area contributed by atoms with Crippen LogP contribution in [0, 0.1) is 0 Å². The van der Waals surface area contributed by atoms with Crippen LogP contribution < -0.4 is 10.1 Å². The van der Waals surface area contributed by atoms with Crippen LogP contribution in [0.1, 0.15) is 11.5 Å². The summed E-state index contributed by atoms with van der Waals surface area (Å²) in [5.41, 5.74) is 0.887. The van der Waals surface area contributed by atoms with E-state index in [9.17, 15) is 0 Å². The average molecular weight is 268 g/mol. The highest BCUT2D eigenvalue weighted by Crippen LogP contribution is 2.27. The molecule has 0 fully saturated rings. The Bertz CT molecular complexity index is 525. The van der Waals surface area contributed by atoms with Gasteiger partial charge in [0.05, 0.1) is 18.7 Å². The van der Waals surface area contributed by atoms with E-state index >= 15 is 0 Å². The van der Waals surface area contributed by atoms with Gasteiger partial charge in [0.15, 0.2) is 0 Å². The minimum Gasteiger partial charge on any atom is -0.495 e. The zero-order chi connectivity index (χ0) is 13.0. The number of furan rings is 1. The Balaban J connectivity index is 2.01. The van der Waals surface area contributed by atoms with Gasteiger partial charge in [-0.15, -0.1) is 0 Å². The fraction of sp³-hybridized carbons (Fsp3) is 0.231. The topological polar surface area (TPSA) is 54.6 Å². The van der Waals surface area contributed by atoms with Gasteiger partial charge < -0.3 is 19.6 Å². The van der Waals surface area contributed by atoms with Crippen molar-refractivity contribution in [3.8, 4) is 5.75 Å². The van der Waals surface area contributed by atoms with Crippen LogP contribution in [0.15, 0.2) is 34.7 Å². The minimum atomic E-state index is -0.0885. The maximum atomic E-state index is 8.89. The highest BCUT2D eigenvalue weighted by molar-refractivity contribution is 6.32. The van der Waals surface area contributed by atoms with Crippen molar-refractivity contribution in [2.24, 2.45) is 0 Å². The largest absolute Gasteiger partial charge is 0.495 e. The lowest BCUT2D eigenvalue weighted by Crippen LogP contribution is -1.98. The first-order chi connectivity index (χ1) is 8.72. The molecule has 0 unspecified atom stereocenters. The number of hydrogen-bond acceptors (Lipinski definition) is 4. The third-order valence-corrected chi connectivity index (χ3v) is 2.80. The number of aliphatic hydroxyl groups is 1. The minimum absolute atomic E-state index is 0.0885. The average Bonchev–Trinajstić information content (AvgIpc) is 2.86. The van der Waals surface area contributed by atoms with Crippen molar-refractivity contribution in [3.63, 3.8) is 0 Å². The van der Waals surface area contributed by atoms with E-state index in [2.05, 4.69) is 5.32 Å². The van der Waals surface area contributed by atoms with Crippen LogP contribution in [0.2, 0.25) is 5.02 Å². The number of methoxy groups -OCH3 is 1. The molecule has 0 saturated carbocycles. The van der Waals surface area contributed by atoms with E-state index in [0.717, 1.165) is 11.4 Å². The van der Waals surface area contributed by atoms with E-state index in [-0.39, 0.29) is 6.61 Å². The number of ether oxygens (including phenoxy) is 1. The van der Waals surface area contributed by atoms with Crippen LogP contribution >= 0.6 is 11.6 Å². The van der Waals surface area contributed by atoms with Gasteiger partial charge >= 0.3 is 0 Å². The van der Waals surface area contributed by atoms with Crippen molar-refractivity contribution < 1.29 is 14.3 Å². The Morgan fingerprint density at radius 2 is 2.06 bits per heavy atom. The molecule has 0 radical (unpaired) electrons. The van der Waals surface area contributed by atoms with E-state index in [0.29, 0.717) is 23.1 Å². The molecule has 1 heterocycles. The van der Waals surface area contributed by atoms with Gasteiger partial charge in [-0.3, -0.25) is 0 Å². The SMILES string of the molecule is COc1cc(NCc2ccc(CO)o2)ccc1Cl. The van der Waals surface area contributed by atoms with Crippen molar-refractivity contribution in [2.75, 3.05) is 12.4 Å². The molecule has 2 N–H and O–H groups in total. The lowest BCUT2D eigenvalue weighted by molar-refractivity contribution is 0.244. The maximum Gasteiger partial charge on any atom is 0.139 e. The van der Waals surface area contributed by atoms with Crippen molar-refractivity contribution in [3.05, 3.63) is 46.9 Å². The van der Waals surface area contributed by atoms with Crippen LogP contribution in [-0.2, 0) is 13.2 Å². The van der Waals surface area contributed by atoms with Gasteiger partial charge in [0.1, 0.15) is 23.9 Å². The first-order valence-corrected chi connectivity index (χ1v) is 5.86. The van der Waals surface area contributed by atoms with Gasteiger partial charge in [0.25, 0.3) is 0 Å². The molecule has 0 spiro atoms. The van der Waals surface area contributed by atoms with Gasteiger partial charge in [-0.1, -0.05) is 11.6 Å². The zero-order valence-electron chi connectivity index (χ0n) is 9.94. The lowest BCUT2D eigenvalue weighted by atomic mass is 10.3. The second kappa shape index (κ2) is 5.80.